The monoisotopic (exact) mass is 240 g/mol. The van der Waals surface area contributed by atoms with Gasteiger partial charge in [0.1, 0.15) is 11.4 Å². The second kappa shape index (κ2) is 5.16. The van der Waals surface area contributed by atoms with Crippen LogP contribution in [0.5, 0.6) is 0 Å². The first-order chi connectivity index (χ1) is 8.17. The van der Waals surface area contributed by atoms with Gasteiger partial charge in [-0.05, 0) is 13.8 Å². The van der Waals surface area contributed by atoms with Crippen LogP contribution in [0.15, 0.2) is 4.52 Å². The minimum absolute atomic E-state index is 0.168. The van der Waals surface area contributed by atoms with E-state index >= 15 is 0 Å². The van der Waals surface area contributed by atoms with Crippen LogP contribution in [0.4, 0.5) is 0 Å². The average molecular weight is 240 g/mol. The van der Waals surface area contributed by atoms with Gasteiger partial charge in [0.2, 0.25) is 0 Å². The Bertz CT molecular complexity index is 350. The van der Waals surface area contributed by atoms with E-state index in [2.05, 4.69) is 10.5 Å². The van der Waals surface area contributed by atoms with Crippen molar-refractivity contribution >= 4 is 0 Å². The molecule has 0 spiro atoms. The fraction of sp³-hybridized carbons (Fsp3) is 0.750. The highest BCUT2D eigenvalue weighted by atomic mass is 16.5. The molecule has 5 heteroatoms. The lowest BCUT2D eigenvalue weighted by Crippen LogP contribution is -2.42. The van der Waals surface area contributed by atoms with Crippen molar-refractivity contribution in [3.05, 3.63) is 17.0 Å². The summed E-state index contributed by atoms with van der Waals surface area (Å²) in [4.78, 5) is 0. The Hall–Kier alpha value is -0.910. The van der Waals surface area contributed by atoms with Crippen LogP contribution in [0.25, 0.3) is 0 Å². The van der Waals surface area contributed by atoms with Gasteiger partial charge in [0.05, 0.1) is 12.3 Å². The van der Waals surface area contributed by atoms with Gasteiger partial charge in [0.25, 0.3) is 0 Å². The van der Waals surface area contributed by atoms with E-state index in [9.17, 15) is 0 Å². The number of methoxy groups -OCH3 is 1. The van der Waals surface area contributed by atoms with E-state index in [-0.39, 0.29) is 5.60 Å². The van der Waals surface area contributed by atoms with Gasteiger partial charge in [0.15, 0.2) is 0 Å². The molecular weight excluding hydrogens is 220 g/mol. The molecule has 1 aromatic heterocycles. The Balaban J connectivity index is 1.87. The van der Waals surface area contributed by atoms with E-state index in [0.717, 1.165) is 43.1 Å². The lowest BCUT2D eigenvalue weighted by molar-refractivity contribution is -0.0159. The molecule has 96 valence electrons. The molecule has 0 bridgehead atoms. The zero-order chi connectivity index (χ0) is 12.3. The van der Waals surface area contributed by atoms with Crippen LogP contribution >= 0.6 is 0 Å². The summed E-state index contributed by atoms with van der Waals surface area (Å²) in [7, 11) is 1.74. The van der Waals surface area contributed by atoms with Gasteiger partial charge in [0, 0.05) is 38.8 Å². The third-order valence-electron chi connectivity index (χ3n) is 3.43. The van der Waals surface area contributed by atoms with E-state index in [1.165, 1.54) is 0 Å². The van der Waals surface area contributed by atoms with Gasteiger partial charge >= 0.3 is 0 Å². The molecule has 1 aromatic rings. The highest BCUT2D eigenvalue weighted by molar-refractivity contribution is 5.20. The van der Waals surface area contributed by atoms with Crippen LogP contribution < -0.4 is 5.32 Å². The number of hydrogen-bond donors (Lipinski definition) is 1. The zero-order valence-electron chi connectivity index (χ0n) is 10.7. The highest BCUT2D eigenvalue weighted by Gasteiger charge is 2.34. The van der Waals surface area contributed by atoms with E-state index in [1.54, 1.807) is 7.11 Å². The summed E-state index contributed by atoms with van der Waals surface area (Å²) in [5.74, 6) is 0.879. The summed E-state index contributed by atoms with van der Waals surface area (Å²) in [6.07, 6.45) is 0.943. The van der Waals surface area contributed by atoms with E-state index < -0.39 is 0 Å². The molecule has 2 rings (SSSR count). The molecular formula is C12H20N2O3. The maximum absolute atomic E-state index is 5.55. The number of aryl methyl sites for hydroxylation is 2. The number of ether oxygens (including phenoxy) is 2. The molecule has 1 aliphatic heterocycles. The van der Waals surface area contributed by atoms with Crippen LogP contribution in [-0.4, -0.2) is 37.6 Å². The molecule has 1 aliphatic rings. The smallest absolute Gasteiger partial charge is 0.138 e. The second-order valence-electron chi connectivity index (χ2n) is 4.60. The number of nitrogens with one attached hydrogen (secondary N) is 1. The van der Waals surface area contributed by atoms with Crippen molar-refractivity contribution in [1.82, 2.24) is 10.5 Å². The third-order valence-corrected chi connectivity index (χ3v) is 3.43. The lowest BCUT2D eigenvalue weighted by Gasteiger charge is -2.25. The third kappa shape index (κ3) is 2.68. The Morgan fingerprint density at radius 3 is 2.82 bits per heavy atom. The summed E-state index contributed by atoms with van der Waals surface area (Å²) in [5.41, 5.74) is 1.92. The van der Waals surface area contributed by atoms with E-state index in [1.807, 2.05) is 13.8 Å². The minimum Gasteiger partial charge on any atom is -0.378 e. The molecule has 5 nitrogen and oxygen atoms in total. The molecule has 0 aromatic carbocycles. The van der Waals surface area contributed by atoms with Crippen LogP contribution in [0, 0.1) is 13.8 Å². The van der Waals surface area contributed by atoms with Gasteiger partial charge < -0.3 is 19.3 Å². The zero-order valence-corrected chi connectivity index (χ0v) is 10.7. The number of aromatic nitrogens is 1. The van der Waals surface area contributed by atoms with Crippen LogP contribution in [0.1, 0.15) is 23.4 Å². The quantitative estimate of drug-likeness (QED) is 0.837. The first kappa shape index (κ1) is 12.5. The fourth-order valence-corrected chi connectivity index (χ4v) is 2.13. The van der Waals surface area contributed by atoms with Crippen molar-refractivity contribution in [3.63, 3.8) is 0 Å². The highest BCUT2D eigenvalue weighted by Crippen LogP contribution is 2.21. The summed E-state index contributed by atoms with van der Waals surface area (Å²) in [6.45, 7) is 6.87. The van der Waals surface area contributed by atoms with Crippen molar-refractivity contribution < 1.29 is 14.0 Å². The predicted octanol–water partition coefficient (Wildman–Crippen LogP) is 1.19. The molecule has 1 atom stereocenters. The van der Waals surface area contributed by atoms with Gasteiger partial charge in [-0.1, -0.05) is 5.16 Å². The molecule has 0 saturated carbocycles. The van der Waals surface area contributed by atoms with Crippen LogP contribution in [-0.2, 0) is 16.0 Å². The minimum atomic E-state index is -0.168. The fourth-order valence-electron chi connectivity index (χ4n) is 2.13. The van der Waals surface area contributed by atoms with Crippen LogP contribution in [0.3, 0.4) is 0 Å². The molecule has 0 amide bonds. The summed E-state index contributed by atoms with van der Waals surface area (Å²) in [6, 6.07) is 0. The number of hydrogen-bond acceptors (Lipinski definition) is 5. The first-order valence-electron chi connectivity index (χ1n) is 5.92. The maximum atomic E-state index is 5.55. The molecule has 0 aliphatic carbocycles. The topological polar surface area (TPSA) is 56.5 Å². The Morgan fingerprint density at radius 2 is 2.29 bits per heavy atom. The maximum Gasteiger partial charge on any atom is 0.138 e. The van der Waals surface area contributed by atoms with Gasteiger partial charge in [-0.25, -0.2) is 0 Å². The molecule has 2 heterocycles. The van der Waals surface area contributed by atoms with E-state index in [4.69, 9.17) is 14.0 Å². The summed E-state index contributed by atoms with van der Waals surface area (Å²) in [5, 5.41) is 7.33. The van der Waals surface area contributed by atoms with Crippen molar-refractivity contribution in [2.45, 2.75) is 32.4 Å². The molecule has 0 radical (unpaired) electrons. The molecule has 1 saturated heterocycles. The van der Waals surface area contributed by atoms with E-state index in [0.29, 0.717) is 6.61 Å². The Kier molecular flexibility index (Phi) is 3.81. The summed E-state index contributed by atoms with van der Waals surface area (Å²) < 4.78 is 16.1. The van der Waals surface area contributed by atoms with Gasteiger partial charge in [-0.15, -0.1) is 0 Å². The molecule has 1 N–H and O–H groups in total. The standard InChI is InChI=1S/C12H20N2O3/c1-9-11(10(2)17-14-9)6-13-7-12(15-3)4-5-16-8-12/h13H,4-8H2,1-3H3. The van der Waals surface area contributed by atoms with Crippen molar-refractivity contribution in [2.24, 2.45) is 0 Å². The molecule has 17 heavy (non-hydrogen) atoms. The normalized spacial score (nSPS) is 24.4. The van der Waals surface area contributed by atoms with Crippen LogP contribution in [0.2, 0.25) is 0 Å². The molecule has 1 unspecified atom stereocenters. The Labute approximate surface area is 101 Å². The second-order valence-corrected chi connectivity index (χ2v) is 4.60. The van der Waals surface area contributed by atoms with Crippen molar-refractivity contribution in [3.8, 4) is 0 Å². The first-order valence-corrected chi connectivity index (χ1v) is 5.92. The lowest BCUT2D eigenvalue weighted by atomic mass is 10.0. The SMILES string of the molecule is COC1(CNCc2c(C)noc2C)CCOC1. The van der Waals surface area contributed by atoms with Crippen molar-refractivity contribution in [2.75, 3.05) is 26.9 Å². The van der Waals surface area contributed by atoms with Gasteiger partial charge in [-0.3, -0.25) is 0 Å². The van der Waals surface area contributed by atoms with Gasteiger partial charge in [-0.2, -0.15) is 0 Å². The van der Waals surface area contributed by atoms with Crippen molar-refractivity contribution in [1.29, 1.82) is 0 Å². The predicted molar refractivity (Wildman–Crippen MR) is 62.9 cm³/mol. The number of rotatable bonds is 5. The Morgan fingerprint density at radius 1 is 1.47 bits per heavy atom. The largest absolute Gasteiger partial charge is 0.378 e. The number of nitrogens with zero attached hydrogens (tertiary/aromatic N) is 1. The average Bonchev–Trinajstić information content (AvgIpc) is 2.91. The molecule has 1 fully saturated rings. The summed E-state index contributed by atoms with van der Waals surface area (Å²) >= 11 is 0.